The number of aromatic nitrogens is 3. The van der Waals surface area contributed by atoms with Crippen molar-refractivity contribution in [3.8, 4) is 11.3 Å². The summed E-state index contributed by atoms with van der Waals surface area (Å²) >= 11 is 0. The molecule has 0 fully saturated rings. The summed E-state index contributed by atoms with van der Waals surface area (Å²) < 4.78 is 1.80. The maximum Gasteiger partial charge on any atom is 0.179 e. The first-order chi connectivity index (χ1) is 12.6. The SMILES string of the molecule is NC1=C2C=CC(N)(c3nc4cccc(-c5ccccc5)n4n3)C=C2ON1. The molecule has 26 heavy (non-hydrogen) atoms. The van der Waals surface area contributed by atoms with Crippen LogP contribution in [0.25, 0.3) is 16.9 Å². The monoisotopic (exact) mass is 344 g/mol. The van der Waals surface area contributed by atoms with Crippen LogP contribution in [-0.4, -0.2) is 14.6 Å². The van der Waals surface area contributed by atoms with E-state index in [2.05, 4.69) is 15.6 Å². The first-order valence-electron chi connectivity index (χ1n) is 8.20. The van der Waals surface area contributed by atoms with E-state index < -0.39 is 5.54 Å². The number of rotatable bonds is 2. The van der Waals surface area contributed by atoms with Crippen molar-refractivity contribution in [3.63, 3.8) is 0 Å². The number of nitrogens with zero attached hydrogens (tertiary/aromatic N) is 3. The zero-order chi connectivity index (χ0) is 17.7. The lowest BCUT2D eigenvalue weighted by Gasteiger charge is -2.21. The lowest BCUT2D eigenvalue weighted by Crippen LogP contribution is -2.35. The number of fused-ring (bicyclic) bond motifs is 2. The maximum absolute atomic E-state index is 6.56. The summed E-state index contributed by atoms with van der Waals surface area (Å²) in [5.41, 5.74) is 17.6. The third kappa shape index (κ3) is 2.11. The molecule has 3 heterocycles. The minimum atomic E-state index is -0.981. The zero-order valence-electron chi connectivity index (χ0n) is 13.8. The van der Waals surface area contributed by atoms with Crippen LogP contribution < -0.4 is 16.9 Å². The molecule has 2 aliphatic rings. The van der Waals surface area contributed by atoms with E-state index in [-0.39, 0.29) is 0 Å². The maximum atomic E-state index is 6.56. The number of hydrogen-bond donors (Lipinski definition) is 3. The molecular formula is C19H16N6O. The minimum absolute atomic E-state index is 0.462. The second-order valence-electron chi connectivity index (χ2n) is 6.29. The first-order valence-corrected chi connectivity index (χ1v) is 8.20. The molecule has 5 rings (SSSR count). The number of nitrogens with two attached hydrogens (primary N) is 2. The highest BCUT2D eigenvalue weighted by Crippen LogP contribution is 2.33. The molecule has 1 aliphatic carbocycles. The van der Waals surface area contributed by atoms with Gasteiger partial charge in [-0.1, -0.05) is 42.5 Å². The molecule has 1 aromatic carbocycles. The van der Waals surface area contributed by atoms with Crippen molar-refractivity contribution < 1.29 is 4.84 Å². The zero-order valence-corrected chi connectivity index (χ0v) is 13.8. The average molecular weight is 344 g/mol. The fourth-order valence-corrected chi connectivity index (χ4v) is 3.17. The van der Waals surface area contributed by atoms with Gasteiger partial charge in [0.25, 0.3) is 0 Å². The molecule has 1 atom stereocenters. The van der Waals surface area contributed by atoms with E-state index in [1.807, 2.05) is 60.7 Å². The van der Waals surface area contributed by atoms with E-state index in [4.69, 9.17) is 16.3 Å². The quantitative estimate of drug-likeness (QED) is 0.654. The largest absolute Gasteiger partial charge is 0.382 e. The Bertz CT molecular complexity index is 1110. The van der Waals surface area contributed by atoms with Crippen LogP contribution in [0.5, 0.6) is 0 Å². The van der Waals surface area contributed by atoms with Crippen molar-refractivity contribution in [2.75, 3.05) is 0 Å². The van der Waals surface area contributed by atoms with Crippen LogP contribution in [0.4, 0.5) is 0 Å². The van der Waals surface area contributed by atoms with Crippen molar-refractivity contribution in [2.45, 2.75) is 5.54 Å². The van der Waals surface area contributed by atoms with Crippen molar-refractivity contribution in [3.05, 3.63) is 89.7 Å². The van der Waals surface area contributed by atoms with Gasteiger partial charge < -0.3 is 16.3 Å². The standard InChI is InChI=1S/C19H16N6O/c20-17-13-9-10-19(21,11-15(13)26-24-17)18-22-16-8-4-7-14(25(16)23-18)12-5-2-1-3-6-12/h1-11,24H,20-21H2. The molecule has 5 N–H and O–H groups in total. The van der Waals surface area contributed by atoms with E-state index in [0.29, 0.717) is 17.4 Å². The predicted octanol–water partition coefficient (Wildman–Crippen LogP) is 1.71. The molecule has 0 spiro atoms. The lowest BCUT2D eigenvalue weighted by atomic mass is 9.91. The summed E-state index contributed by atoms with van der Waals surface area (Å²) in [5.74, 6) is 1.52. The lowest BCUT2D eigenvalue weighted by molar-refractivity contribution is 0.158. The average Bonchev–Trinajstić information content (AvgIpc) is 3.26. The van der Waals surface area contributed by atoms with E-state index in [9.17, 15) is 0 Å². The Kier molecular flexibility index (Phi) is 2.95. The van der Waals surface area contributed by atoms with Gasteiger partial charge in [-0.2, -0.15) is 0 Å². The molecule has 0 amide bonds. The Morgan fingerprint density at radius 1 is 1.08 bits per heavy atom. The number of allylic oxidation sites excluding steroid dienone is 1. The van der Waals surface area contributed by atoms with Gasteiger partial charge in [-0.15, -0.1) is 5.10 Å². The molecule has 0 saturated carbocycles. The fraction of sp³-hybridized carbons (Fsp3) is 0.0526. The summed E-state index contributed by atoms with van der Waals surface area (Å²) in [7, 11) is 0. The van der Waals surface area contributed by atoms with Crippen molar-refractivity contribution in [2.24, 2.45) is 11.5 Å². The fourth-order valence-electron chi connectivity index (χ4n) is 3.17. The molecule has 1 aliphatic heterocycles. The third-order valence-electron chi connectivity index (χ3n) is 4.54. The van der Waals surface area contributed by atoms with Gasteiger partial charge in [-0.25, -0.2) is 15.0 Å². The Morgan fingerprint density at radius 2 is 1.92 bits per heavy atom. The highest BCUT2D eigenvalue weighted by molar-refractivity contribution is 5.63. The summed E-state index contributed by atoms with van der Waals surface area (Å²) in [6.45, 7) is 0. The molecule has 2 aromatic heterocycles. The molecule has 7 nitrogen and oxygen atoms in total. The van der Waals surface area contributed by atoms with Crippen LogP contribution in [0.1, 0.15) is 5.82 Å². The Hall–Kier alpha value is -3.58. The van der Waals surface area contributed by atoms with Crippen LogP contribution in [0.3, 0.4) is 0 Å². The summed E-state index contributed by atoms with van der Waals surface area (Å²) in [5, 5.41) is 4.68. The molecule has 3 aromatic rings. The molecule has 1 unspecified atom stereocenters. The predicted molar refractivity (Wildman–Crippen MR) is 96.9 cm³/mol. The van der Waals surface area contributed by atoms with Gasteiger partial charge in [0.15, 0.2) is 17.2 Å². The van der Waals surface area contributed by atoms with Gasteiger partial charge in [-0.05, 0) is 24.3 Å². The molecule has 0 saturated heterocycles. The highest BCUT2D eigenvalue weighted by atomic mass is 16.7. The van der Waals surface area contributed by atoms with E-state index in [1.165, 1.54) is 0 Å². The third-order valence-corrected chi connectivity index (χ3v) is 4.54. The van der Waals surface area contributed by atoms with Crippen LogP contribution in [0.15, 0.2) is 83.9 Å². The number of hydrogen-bond acceptors (Lipinski definition) is 6. The molecule has 7 heteroatoms. The second kappa shape index (κ2) is 5.21. The molecule has 128 valence electrons. The first kappa shape index (κ1) is 14.7. The van der Waals surface area contributed by atoms with Crippen molar-refractivity contribution in [1.29, 1.82) is 0 Å². The Balaban J connectivity index is 1.65. The van der Waals surface area contributed by atoms with Gasteiger partial charge in [0, 0.05) is 5.56 Å². The van der Waals surface area contributed by atoms with Gasteiger partial charge in [0.05, 0.1) is 11.3 Å². The Morgan fingerprint density at radius 3 is 2.77 bits per heavy atom. The normalized spacial score (nSPS) is 21.3. The summed E-state index contributed by atoms with van der Waals surface area (Å²) in [6, 6.07) is 15.9. The summed E-state index contributed by atoms with van der Waals surface area (Å²) in [4.78, 5) is 10.0. The van der Waals surface area contributed by atoms with Crippen LogP contribution in [-0.2, 0) is 10.4 Å². The smallest absolute Gasteiger partial charge is 0.179 e. The van der Waals surface area contributed by atoms with Crippen LogP contribution in [0, 0.1) is 0 Å². The molecule has 0 radical (unpaired) electrons. The van der Waals surface area contributed by atoms with E-state index in [0.717, 1.165) is 22.5 Å². The van der Waals surface area contributed by atoms with Gasteiger partial charge in [0.2, 0.25) is 0 Å². The van der Waals surface area contributed by atoms with Gasteiger partial charge >= 0.3 is 0 Å². The highest BCUT2D eigenvalue weighted by Gasteiger charge is 2.34. The second-order valence-corrected chi connectivity index (χ2v) is 6.29. The van der Waals surface area contributed by atoms with E-state index >= 15 is 0 Å². The van der Waals surface area contributed by atoms with Crippen molar-refractivity contribution in [1.82, 2.24) is 20.1 Å². The van der Waals surface area contributed by atoms with Gasteiger partial charge in [-0.3, -0.25) is 0 Å². The van der Waals surface area contributed by atoms with Crippen molar-refractivity contribution >= 4 is 5.65 Å². The molecular weight excluding hydrogens is 328 g/mol. The molecule has 0 bridgehead atoms. The number of hydroxylamine groups is 1. The number of pyridine rings is 1. The Labute approximate surface area is 149 Å². The van der Waals surface area contributed by atoms with Gasteiger partial charge in [0.1, 0.15) is 11.4 Å². The minimum Gasteiger partial charge on any atom is -0.382 e. The topological polar surface area (TPSA) is 103 Å². The summed E-state index contributed by atoms with van der Waals surface area (Å²) in [6.07, 6.45) is 5.42. The van der Waals surface area contributed by atoms with E-state index in [1.54, 1.807) is 10.6 Å². The number of benzene rings is 1. The number of nitrogens with one attached hydrogen (secondary N) is 1. The van der Waals surface area contributed by atoms with Crippen LogP contribution in [0.2, 0.25) is 0 Å². The van der Waals surface area contributed by atoms with Crippen LogP contribution >= 0.6 is 0 Å².